The fourth-order valence-electron chi connectivity index (χ4n) is 5.45. The van der Waals surface area contributed by atoms with Crippen LogP contribution in [-0.2, 0) is 11.3 Å². The number of carbonyl (C=O) groups excluding carboxylic acids is 2. The summed E-state index contributed by atoms with van der Waals surface area (Å²) in [6.45, 7) is 4.22. The third-order valence-corrected chi connectivity index (χ3v) is 7.44. The molecule has 9 heteroatoms. The second-order valence-corrected chi connectivity index (χ2v) is 9.94. The molecule has 9 nitrogen and oxygen atoms in total. The molecule has 0 unspecified atom stereocenters. The summed E-state index contributed by atoms with van der Waals surface area (Å²) in [5.74, 6) is 1.10. The summed E-state index contributed by atoms with van der Waals surface area (Å²) in [4.78, 5) is 28.8. The third-order valence-electron chi connectivity index (χ3n) is 7.44. The number of amides is 2. The number of anilines is 1. The molecule has 2 amide bonds. The van der Waals surface area contributed by atoms with Crippen LogP contribution in [-0.4, -0.2) is 45.0 Å². The highest BCUT2D eigenvalue weighted by molar-refractivity contribution is 6.01. The van der Waals surface area contributed by atoms with Crippen LogP contribution in [0.4, 0.5) is 10.5 Å². The average molecular weight is 562 g/mol. The predicted octanol–water partition coefficient (Wildman–Crippen LogP) is 6.29. The van der Waals surface area contributed by atoms with Crippen LogP contribution in [0.1, 0.15) is 45.8 Å². The van der Waals surface area contributed by atoms with Crippen LogP contribution in [0.15, 0.2) is 97.2 Å². The SMILES string of the molecule is CCOC(=O)c1ccccc1NC(=O)N1Cc2c(C)nn(-c3ccccc3)c2-n2cccc2[C@H]1c1ccc(OC)cc1. The second-order valence-electron chi connectivity index (χ2n) is 9.94. The van der Waals surface area contributed by atoms with E-state index in [9.17, 15) is 9.59 Å². The highest BCUT2D eigenvalue weighted by Gasteiger charge is 2.36. The maximum Gasteiger partial charge on any atom is 0.340 e. The minimum absolute atomic E-state index is 0.233. The van der Waals surface area contributed by atoms with E-state index < -0.39 is 12.0 Å². The Kier molecular flexibility index (Phi) is 7.23. The van der Waals surface area contributed by atoms with Crippen molar-refractivity contribution in [3.63, 3.8) is 0 Å². The van der Waals surface area contributed by atoms with Crippen molar-refractivity contribution in [1.29, 1.82) is 0 Å². The lowest BCUT2D eigenvalue weighted by molar-refractivity contribution is 0.0527. The number of nitrogens with one attached hydrogen (secondary N) is 1. The second kappa shape index (κ2) is 11.3. The Hall–Kier alpha value is -5.31. The zero-order valence-corrected chi connectivity index (χ0v) is 23.7. The number of rotatable bonds is 6. The summed E-state index contributed by atoms with van der Waals surface area (Å²) in [5.41, 5.74) is 5.13. The van der Waals surface area contributed by atoms with Crippen molar-refractivity contribution < 1.29 is 19.1 Å². The van der Waals surface area contributed by atoms with Crippen molar-refractivity contribution in [3.05, 3.63) is 125 Å². The molecule has 1 aliphatic heterocycles. The van der Waals surface area contributed by atoms with Gasteiger partial charge in [-0.1, -0.05) is 42.5 Å². The molecule has 0 aliphatic carbocycles. The monoisotopic (exact) mass is 561 g/mol. The number of urea groups is 1. The van der Waals surface area contributed by atoms with Crippen molar-refractivity contribution in [2.75, 3.05) is 19.0 Å². The molecule has 2 aromatic heterocycles. The van der Waals surface area contributed by atoms with Gasteiger partial charge in [0.2, 0.25) is 0 Å². The molecule has 0 bridgehead atoms. The molecule has 3 heterocycles. The van der Waals surface area contributed by atoms with Crippen molar-refractivity contribution in [2.24, 2.45) is 0 Å². The summed E-state index contributed by atoms with van der Waals surface area (Å²) in [5, 5.41) is 7.90. The van der Waals surface area contributed by atoms with E-state index >= 15 is 0 Å². The zero-order chi connectivity index (χ0) is 29.2. The van der Waals surface area contributed by atoms with Crippen molar-refractivity contribution in [2.45, 2.75) is 26.4 Å². The molecule has 0 fully saturated rings. The summed E-state index contributed by atoms with van der Waals surface area (Å²) >= 11 is 0. The molecule has 6 rings (SSSR count). The largest absolute Gasteiger partial charge is 0.497 e. The fraction of sp³-hybridized carbons (Fsp3) is 0.182. The van der Waals surface area contributed by atoms with E-state index in [4.69, 9.17) is 14.6 Å². The number of hydrogen-bond donors (Lipinski definition) is 1. The highest BCUT2D eigenvalue weighted by Crippen LogP contribution is 2.39. The minimum Gasteiger partial charge on any atom is -0.497 e. The molecule has 3 aromatic carbocycles. The molecule has 1 N–H and O–H groups in total. The minimum atomic E-state index is -0.493. The van der Waals surface area contributed by atoms with E-state index in [1.165, 1.54) is 0 Å². The van der Waals surface area contributed by atoms with Crippen LogP contribution in [0.5, 0.6) is 5.75 Å². The van der Waals surface area contributed by atoms with Gasteiger partial charge in [-0.25, -0.2) is 14.3 Å². The van der Waals surface area contributed by atoms with E-state index in [0.717, 1.165) is 39.8 Å². The highest BCUT2D eigenvalue weighted by atomic mass is 16.5. The number of fused-ring (bicyclic) bond motifs is 3. The number of hydrogen-bond acceptors (Lipinski definition) is 5. The molecule has 1 atom stereocenters. The summed E-state index contributed by atoms with van der Waals surface area (Å²) < 4.78 is 14.7. The Bertz CT molecular complexity index is 1740. The van der Waals surface area contributed by atoms with Crippen LogP contribution >= 0.6 is 0 Å². The number of benzene rings is 3. The maximum atomic E-state index is 14.3. The first-order valence-corrected chi connectivity index (χ1v) is 13.8. The lowest BCUT2D eigenvalue weighted by atomic mass is 10.0. The predicted molar refractivity (Wildman–Crippen MR) is 159 cm³/mol. The van der Waals surface area contributed by atoms with Gasteiger partial charge in [-0.05, 0) is 67.9 Å². The third kappa shape index (κ3) is 4.79. The number of carbonyl (C=O) groups is 2. The Morgan fingerprint density at radius 1 is 0.952 bits per heavy atom. The first kappa shape index (κ1) is 26.9. The Labute approximate surface area is 243 Å². The van der Waals surface area contributed by atoms with Gasteiger partial charge in [0.15, 0.2) is 0 Å². The van der Waals surface area contributed by atoms with E-state index in [-0.39, 0.29) is 19.2 Å². The molecule has 42 heavy (non-hydrogen) atoms. The van der Waals surface area contributed by atoms with Crippen LogP contribution < -0.4 is 10.1 Å². The lowest BCUT2D eigenvalue weighted by Gasteiger charge is -2.31. The van der Waals surface area contributed by atoms with Gasteiger partial charge in [-0.15, -0.1) is 0 Å². The molecule has 212 valence electrons. The van der Waals surface area contributed by atoms with Gasteiger partial charge < -0.3 is 24.3 Å². The van der Waals surface area contributed by atoms with Crippen LogP contribution in [0.25, 0.3) is 11.5 Å². The van der Waals surface area contributed by atoms with Crippen molar-refractivity contribution in [1.82, 2.24) is 19.2 Å². The van der Waals surface area contributed by atoms with Gasteiger partial charge in [0.25, 0.3) is 0 Å². The summed E-state index contributed by atoms with van der Waals surface area (Å²) in [7, 11) is 1.63. The number of para-hydroxylation sites is 2. The van der Waals surface area contributed by atoms with Gasteiger partial charge in [0.05, 0.1) is 54.6 Å². The average Bonchev–Trinajstić information content (AvgIpc) is 3.58. The molecular formula is C33H31N5O4. The van der Waals surface area contributed by atoms with Crippen molar-refractivity contribution >= 4 is 17.7 Å². The summed E-state index contributed by atoms with van der Waals surface area (Å²) in [6.07, 6.45) is 2.00. The quantitative estimate of drug-likeness (QED) is 0.246. The van der Waals surface area contributed by atoms with E-state index in [1.807, 2.05) is 84.5 Å². The smallest absolute Gasteiger partial charge is 0.340 e. The van der Waals surface area contributed by atoms with Crippen molar-refractivity contribution in [3.8, 4) is 17.3 Å². The first-order valence-electron chi connectivity index (χ1n) is 13.8. The number of methoxy groups -OCH3 is 1. The van der Waals surface area contributed by atoms with Gasteiger partial charge >= 0.3 is 12.0 Å². The molecule has 0 spiro atoms. The van der Waals surface area contributed by atoms with Crippen LogP contribution in [0, 0.1) is 6.92 Å². The molecule has 5 aromatic rings. The zero-order valence-electron chi connectivity index (χ0n) is 23.7. The number of nitrogens with zero attached hydrogens (tertiary/aromatic N) is 4. The normalized spacial score (nSPS) is 14.0. The van der Waals surface area contributed by atoms with Gasteiger partial charge in [0.1, 0.15) is 11.6 Å². The van der Waals surface area contributed by atoms with Crippen LogP contribution in [0.3, 0.4) is 0 Å². The molecule has 1 aliphatic rings. The van der Waals surface area contributed by atoms with E-state index in [0.29, 0.717) is 11.3 Å². The molecule has 0 radical (unpaired) electrons. The Morgan fingerprint density at radius 2 is 1.69 bits per heavy atom. The summed E-state index contributed by atoms with van der Waals surface area (Å²) in [6, 6.07) is 27.7. The first-order chi connectivity index (χ1) is 20.5. The Balaban J connectivity index is 1.50. The van der Waals surface area contributed by atoms with Gasteiger partial charge in [-0.2, -0.15) is 5.10 Å². The Morgan fingerprint density at radius 3 is 2.43 bits per heavy atom. The fourth-order valence-corrected chi connectivity index (χ4v) is 5.45. The van der Waals surface area contributed by atoms with Gasteiger partial charge in [0, 0.05) is 11.8 Å². The topological polar surface area (TPSA) is 90.6 Å². The number of aryl methyl sites for hydroxylation is 1. The molecule has 0 saturated heterocycles. The van der Waals surface area contributed by atoms with E-state index in [1.54, 1.807) is 43.2 Å². The standard InChI is InChI=1S/C33H31N5O4/c1-4-42-32(39)26-13-8-9-14-28(26)34-33(40)37-21-27-22(2)35-38(24-11-6-5-7-12-24)31(27)36-20-10-15-29(36)30(37)23-16-18-25(41-3)19-17-23/h5-20,30H,4,21H2,1-3H3,(H,34,40)/t30-/m1/s1. The molecule has 0 saturated carbocycles. The number of aromatic nitrogens is 3. The number of ether oxygens (including phenoxy) is 2. The van der Waals surface area contributed by atoms with Gasteiger partial charge in [-0.3, -0.25) is 0 Å². The molecular weight excluding hydrogens is 530 g/mol. The number of esters is 1. The maximum absolute atomic E-state index is 14.3. The lowest BCUT2D eigenvalue weighted by Crippen LogP contribution is -2.38. The van der Waals surface area contributed by atoms with E-state index in [2.05, 4.69) is 9.88 Å². The van der Waals surface area contributed by atoms with Crippen LogP contribution in [0.2, 0.25) is 0 Å².